The van der Waals surface area contributed by atoms with Gasteiger partial charge in [0.05, 0.1) is 6.04 Å². The van der Waals surface area contributed by atoms with E-state index in [1.807, 2.05) is 24.3 Å². The van der Waals surface area contributed by atoms with Crippen molar-refractivity contribution in [2.24, 2.45) is 5.73 Å². The summed E-state index contributed by atoms with van der Waals surface area (Å²) in [6.45, 7) is 2.14. The van der Waals surface area contributed by atoms with Gasteiger partial charge in [0.25, 0.3) is 0 Å². The van der Waals surface area contributed by atoms with E-state index in [1.54, 1.807) is 12.1 Å². The third kappa shape index (κ3) is 3.34. The van der Waals surface area contributed by atoms with E-state index < -0.39 is 6.04 Å². The zero-order valence-electron chi connectivity index (χ0n) is 10.9. The highest BCUT2D eigenvalue weighted by Crippen LogP contribution is 2.24. The quantitative estimate of drug-likeness (QED) is 0.876. The average Bonchev–Trinajstić information content (AvgIpc) is 2.39. The number of aryl methyl sites for hydroxylation is 1. The van der Waals surface area contributed by atoms with Crippen molar-refractivity contribution < 1.29 is 4.39 Å². The molecule has 0 aromatic heterocycles. The molecule has 0 aliphatic carbocycles. The molecule has 0 aliphatic heterocycles. The van der Waals surface area contributed by atoms with E-state index in [0.29, 0.717) is 10.6 Å². The smallest absolute Gasteiger partial charge is 0.129 e. The lowest BCUT2D eigenvalue weighted by Crippen LogP contribution is -2.13. The molecular formula is C16H17ClFN. The molecule has 100 valence electrons. The fourth-order valence-corrected chi connectivity index (χ4v) is 2.27. The molecule has 0 heterocycles. The number of nitrogens with two attached hydrogens (primary N) is 1. The Bertz CT molecular complexity index is 551. The normalized spacial score (nSPS) is 12.4. The van der Waals surface area contributed by atoms with Gasteiger partial charge in [-0.05, 0) is 29.7 Å². The molecule has 2 aromatic rings. The Hall–Kier alpha value is -1.38. The molecule has 0 bridgehead atoms. The van der Waals surface area contributed by atoms with E-state index >= 15 is 0 Å². The molecule has 1 atom stereocenters. The van der Waals surface area contributed by atoms with Crippen LogP contribution < -0.4 is 5.73 Å². The molecule has 0 radical (unpaired) electrons. The lowest BCUT2D eigenvalue weighted by molar-refractivity contribution is 0.600. The van der Waals surface area contributed by atoms with Gasteiger partial charge in [-0.1, -0.05) is 55.3 Å². The molecule has 0 fully saturated rings. The SMILES string of the molecule is CCCc1ccc(C(N)c2ccc(Cl)cc2F)cc1. The van der Waals surface area contributed by atoms with Crippen molar-refractivity contribution in [3.05, 3.63) is 70.0 Å². The van der Waals surface area contributed by atoms with Crippen LogP contribution >= 0.6 is 11.6 Å². The summed E-state index contributed by atoms with van der Waals surface area (Å²) >= 11 is 5.74. The molecule has 2 aromatic carbocycles. The highest BCUT2D eigenvalue weighted by Gasteiger charge is 2.13. The van der Waals surface area contributed by atoms with Crippen molar-refractivity contribution in [2.45, 2.75) is 25.8 Å². The maximum absolute atomic E-state index is 13.8. The molecule has 19 heavy (non-hydrogen) atoms. The van der Waals surface area contributed by atoms with Gasteiger partial charge < -0.3 is 5.73 Å². The van der Waals surface area contributed by atoms with E-state index in [4.69, 9.17) is 17.3 Å². The van der Waals surface area contributed by atoms with Crippen LogP contribution in [-0.2, 0) is 6.42 Å². The van der Waals surface area contributed by atoms with Crippen molar-refractivity contribution in [1.29, 1.82) is 0 Å². The Labute approximate surface area is 118 Å². The number of halogens is 2. The molecular weight excluding hydrogens is 261 g/mol. The number of hydrogen-bond donors (Lipinski definition) is 1. The van der Waals surface area contributed by atoms with Crippen LogP contribution in [0.15, 0.2) is 42.5 Å². The molecule has 0 spiro atoms. The molecule has 1 nitrogen and oxygen atoms in total. The minimum Gasteiger partial charge on any atom is -0.320 e. The predicted octanol–water partition coefficient (Wildman–Crippen LogP) is 4.48. The first kappa shape index (κ1) is 14.0. The molecule has 1 unspecified atom stereocenters. The summed E-state index contributed by atoms with van der Waals surface area (Å²) in [5.74, 6) is -0.363. The zero-order chi connectivity index (χ0) is 13.8. The van der Waals surface area contributed by atoms with Gasteiger partial charge >= 0.3 is 0 Å². The second-order valence-electron chi connectivity index (χ2n) is 4.64. The summed E-state index contributed by atoms with van der Waals surface area (Å²) in [7, 11) is 0. The summed E-state index contributed by atoms with van der Waals surface area (Å²) in [5, 5.41) is 0.381. The third-order valence-corrected chi connectivity index (χ3v) is 3.41. The van der Waals surface area contributed by atoms with Gasteiger partial charge in [0, 0.05) is 10.6 Å². The first-order valence-corrected chi connectivity index (χ1v) is 6.79. The monoisotopic (exact) mass is 277 g/mol. The van der Waals surface area contributed by atoms with Crippen LogP contribution in [0.5, 0.6) is 0 Å². The van der Waals surface area contributed by atoms with E-state index in [0.717, 1.165) is 18.4 Å². The van der Waals surface area contributed by atoms with Crippen molar-refractivity contribution >= 4 is 11.6 Å². The average molecular weight is 278 g/mol. The Morgan fingerprint density at radius 2 is 1.84 bits per heavy atom. The minimum absolute atomic E-state index is 0.363. The predicted molar refractivity (Wildman–Crippen MR) is 77.9 cm³/mol. The van der Waals surface area contributed by atoms with Crippen LogP contribution in [0.2, 0.25) is 5.02 Å². The van der Waals surface area contributed by atoms with Gasteiger partial charge in [-0.15, -0.1) is 0 Å². The van der Waals surface area contributed by atoms with Crippen LogP contribution in [0.3, 0.4) is 0 Å². The van der Waals surface area contributed by atoms with Crippen LogP contribution in [0, 0.1) is 5.82 Å². The molecule has 3 heteroatoms. The number of rotatable bonds is 4. The second-order valence-corrected chi connectivity index (χ2v) is 5.07. The van der Waals surface area contributed by atoms with E-state index in [2.05, 4.69) is 6.92 Å². The lowest BCUT2D eigenvalue weighted by Gasteiger charge is -2.14. The Balaban J connectivity index is 2.25. The summed E-state index contributed by atoms with van der Waals surface area (Å²) in [5.41, 5.74) is 8.75. The Morgan fingerprint density at radius 3 is 2.42 bits per heavy atom. The largest absolute Gasteiger partial charge is 0.320 e. The summed E-state index contributed by atoms with van der Waals surface area (Å²) in [4.78, 5) is 0. The second kappa shape index (κ2) is 6.18. The molecule has 0 saturated carbocycles. The van der Waals surface area contributed by atoms with Gasteiger partial charge in [0.2, 0.25) is 0 Å². The van der Waals surface area contributed by atoms with Crippen LogP contribution in [-0.4, -0.2) is 0 Å². The van der Waals surface area contributed by atoms with Crippen LogP contribution in [0.1, 0.15) is 36.1 Å². The van der Waals surface area contributed by atoms with Crippen molar-refractivity contribution in [3.63, 3.8) is 0 Å². The molecule has 2 rings (SSSR count). The number of hydrogen-bond acceptors (Lipinski definition) is 1. The maximum Gasteiger partial charge on any atom is 0.129 e. The molecule has 2 N–H and O–H groups in total. The summed E-state index contributed by atoms with van der Waals surface area (Å²) in [6.07, 6.45) is 2.15. The molecule has 0 amide bonds. The Morgan fingerprint density at radius 1 is 1.16 bits per heavy atom. The van der Waals surface area contributed by atoms with Gasteiger partial charge in [-0.3, -0.25) is 0 Å². The van der Waals surface area contributed by atoms with Gasteiger partial charge in [-0.25, -0.2) is 4.39 Å². The lowest BCUT2D eigenvalue weighted by atomic mass is 9.97. The van der Waals surface area contributed by atoms with E-state index in [9.17, 15) is 4.39 Å². The summed E-state index contributed by atoms with van der Waals surface area (Å²) in [6, 6.07) is 12.1. The first-order chi connectivity index (χ1) is 9.11. The highest BCUT2D eigenvalue weighted by molar-refractivity contribution is 6.30. The standard InChI is InChI=1S/C16H17ClFN/c1-2-3-11-4-6-12(7-5-11)16(19)14-9-8-13(17)10-15(14)18/h4-10,16H,2-3,19H2,1H3. The van der Waals surface area contributed by atoms with Gasteiger partial charge in [0.1, 0.15) is 5.82 Å². The van der Waals surface area contributed by atoms with Crippen molar-refractivity contribution in [1.82, 2.24) is 0 Å². The number of benzene rings is 2. The topological polar surface area (TPSA) is 26.0 Å². The van der Waals surface area contributed by atoms with E-state index in [1.165, 1.54) is 11.6 Å². The minimum atomic E-state index is -0.465. The highest BCUT2D eigenvalue weighted by atomic mass is 35.5. The zero-order valence-corrected chi connectivity index (χ0v) is 11.6. The molecule has 0 saturated heterocycles. The maximum atomic E-state index is 13.8. The van der Waals surface area contributed by atoms with Crippen LogP contribution in [0.4, 0.5) is 4.39 Å². The van der Waals surface area contributed by atoms with Gasteiger partial charge in [0.15, 0.2) is 0 Å². The molecule has 0 aliphatic rings. The third-order valence-electron chi connectivity index (χ3n) is 3.18. The van der Waals surface area contributed by atoms with Gasteiger partial charge in [-0.2, -0.15) is 0 Å². The fourth-order valence-electron chi connectivity index (χ4n) is 2.11. The van der Waals surface area contributed by atoms with Crippen molar-refractivity contribution in [2.75, 3.05) is 0 Å². The Kier molecular flexibility index (Phi) is 4.56. The van der Waals surface area contributed by atoms with Crippen LogP contribution in [0.25, 0.3) is 0 Å². The fraction of sp³-hybridized carbons (Fsp3) is 0.250. The van der Waals surface area contributed by atoms with E-state index in [-0.39, 0.29) is 5.82 Å². The first-order valence-electron chi connectivity index (χ1n) is 6.41. The van der Waals surface area contributed by atoms with Crippen molar-refractivity contribution in [3.8, 4) is 0 Å². The summed E-state index contributed by atoms with van der Waals surface area (Å²) < 4.78 is 13.8.